The molecule has 3 nitrogen and oxygen atoms in total. The second-order valence-electron chi connectivity index (χ2n) is 5.62. The predicted octanol–water partition coefficient (Wildman–Crippen LogP) is 4.57. The summed E-state index contributed by atoms with van der Waals surface area (Å²) in [5.41, 5.74) is 3.57. The number of thiazole rings is 1. The fourth-order valence-electron chi connectivity index (χ4n) is 3.04. The molecule has 0 aliphatic heterocycles. The van der Waals surface area contributed by atoms with E-state index in [9.17, 15) is 0 Å². The minimum Gasteiger partial charge on any atom is -0.469 e. The third-order valence-corrected chi connectivity index (χ3v) is 5.02. The van der Waals surface area contributed by atoms with Crippen LogP contribution < -0.4 is 5.32 Å². The van der Waals surface area contributed by atoms with Gasteiger partial charge in [0.1, 0.15) is 10.8 Å². The van der Waals surface area contributed by atoms with Crippen LogP contribution in [0.5, 0.6) is 0 Å². The lowest BCUT2D eigenvalue weighted by Gasteiger charge is -2.22. The molecule has 0 saturated carbocycles. The second-order valence-corrected chi connectivity index (χ2v) is 6.56. The molecule has 22 heavy (non-hydrogen) atoms. The Bertz CT molecular complexity index is 747. The zero-order chi connectivity index (χ0) is 14.8. The van der Waals surface area contributed by atoms with Crippen molar-refractivity contribution in [3.8, 4) is 11.3 Å². The van der Waals surface area contributed by atoms with E-state index in [2.05, 4.69) is 41.0 Å². The molecule has 0 amide bonds. The first-order valence-corrected chi connectivity index (χ1v) is 8.57. The standard InChI is InChI=1S/C18H18N2OS/c1-2-5-13(6-3-1)16-12-22-18(20-16)11-19-15-7-4-8-17-14(15)9-10-21-17/h1-3,5-6,9-10,12,15,19H,4,7-8,11H2. The van der Waals surface area contributed by atoms with Crippen molar-refractivity contribution in [1.29, 1.82) is 0 Å². The van der Waals surface area contributed by atoms with Crippen LogP contribution in [0, 0.1) is 0 Å². The van der Waals surface area contributed by atoms with Gasteiger partial charge in [-0.1, -0.05) is 30.3 Å². The summed E-state index contributed by atoms with van der Waals surface area (Å²) in [7, 11) is 0. The van der Waals surface area contributed by atoms with Crippen molar-refractivity contribution < 1.29 is 4.42 Å². The molecule has 1 N–H and O–H groups in total. The Balaban J connectivity index is 1.44. The highest BCUT2D eigenvalue weighted by Crippen LogP contribution is 2.31. The maximum Gasteiger partial charge on any atom is 0.108 e. The highest BCUT2D eigenvalue weighted by atomic mass is 32.1. The van der Waals surface area contributed by atoms with Gasteiger partial charge in [0.15, 0.2) is 0 Å². The van der Waals surface area contributed by atoms with Crippen LogP contribution in [0.2, 0.25) is 0 Å². The molecule has 4 heteroatoms. The molecule has 0 bridgehead atoms. The highest BCUT2D eigenvalue weighted by molar-refractivity contribution is 7.09. The first-order chi connectivity index (χ1) is 10.9. The summed E-state index contributed by atoms with van der Waals surface area (Å²) in [5, 5.41) is 6.90. The number of benzene rings is 1. The fraction of sp³-hybridized carbons (Fsp3) is 0.278. The van der Waals surface area contributed by atoms with Crippen LogP contribution in [-0.2, 0) is 13.0 Å². The van der Waals surface area contributed by atoms with Crippen LogP contribution in [0.4, 0.5) is 0 Å². The van der Waals surface area contributed by atoms with Crippen molar-refractivity contribution in [1.82, 2.24) is 10.3 Å². The molecule has 2 aromatic heterocycles. The molecule has 0 fully saturated rings. The van der Waals surface area contributed by atoms with Crippen molar-refractivity contribution >= 4 is 11.3 Å². The SMILES string of the molecule is c1ccc(-c2csc(CNC3CCCc4occc43)n2)cc1. The van der Waals surface area contributed by atoms with Crippen LogP contribution in [0.15, 0.2) is 52.5 Å². The lowest BCUT2D eigenvalue weighted by Crippen LogP contribution is -2.23. The van der Waals surface area contributed by atoms with Gasteiger partial charge in [0.05, 0.1) is 12.0 Å². The van der Waals surface area contributed by atoms with E-state index < -0.39 is 0 Å². The molecule has 1 atom stereocenters. The van der Waals surface area contributed by atoms with Crippen LogP contribution in [-0.4, -0.2) is 4.98 Å². The van der Waals surface area contributed by atoms with E-state index in [-0.39, 0.29) is 0 Å². The number of nitrogens with one attached hydrogen (secondary N) is 1. The minimum absolute atomic E-state index is 0.395. The number of aryl methyl sites for hydroxylation is 1. The van der Waals surface area contributed by atoms with Crippen LogP contribution in [0.25, 0.3) is 11.3 Å². The quantitative estimate of drug-likeness (QED) is 0.767. The Labute approximate surface area is 134 Å². The molecule has 1 aliphatic carbocycles. The van der Waals surface area contributed by atoms with Gasteiger partial charge in [0.25, 0.3) is 0 Å². The van der Waals surface area contributed by atoms with E-state index in [0.717, 1.165) is 29.4 Å². The summed E-state index contributed by atoms with van der Waals surface area (Å²) in [5.74, 6) is 1.15. The zero-order valence-corrected chi connectivity index (χ0v) is 13.1. The number of furan rings is 1. The van der Waals surface area contributed by atoms with E-state index in [1.807, 2.05) is 12.3 Å². The lowest BCUT2D eigenvalue weighted by atomic mass is 9.93. The van der Waals surface area contributed by atoms with E-state index in [0.29, 0.717) is 6.04 Å². The first-order valence-electron chi connectivity index (χ1n) is 7.69. The van der Waals surface area contributed by atoms with Gasteiger partial charge in [0.2, 0.25) is 0 Å². The molecule has 112 valence electrons. The van der Waals surface area contributed by atoms with Crippen LogP contribution in [0.3, 0.4) is 0 Å². The summed E-state index contributed by atoms with van der Waals surface area (Å²) in [6, 6.07) is 12.8. The molecule has 2 heterocycles. The Kier molecular flexibility index (Phi) is 3.79. The molecule has 0 radical (unpaired) electrons. The summed E-state index contributed by atoms with van der Waals surface area (Å²) >= 11 is 1.72. The molecular formula is C18H18N2OS. The summed E-state index contributed by atoms with van der Waals surface area (Å²) in [6.07, 6.45) is 5.23. The van der Waals surface area contributed by atoms with Gasteiger partial charge in [-0.15, -0.1) is 11.3 Å². The Morgan fingerprint density at radius 2 is 2.14 bits per heavy atom. The second kappa shape index (κ2) is 6.07. The molecule has 3 aromatic rings. The Morgan fingerprint density at radius 1 is 1.23 bits per heavy atom. The number of nitrogens with zero attached hydrogens (tertiary/aromatic N) is 1. The Morgan fingerprint density at radius 3 is 3.05 bits per heavy atom. The number of fused-ring (bicyclic) bond motifs is 1. The van der Waals surface area contributed by atoms with E-state index >= 15 is 0 Å². The number of hydrogen-bond acceptors (Lipinski definition) is 4. The van der Waals surface area contributed by atoms with Gasteiger partial charge in [-0.3, -0.25) is 0 Å². The van der Waals surface area contributed by atoms with Crippen molar-refractivity contribution in [2.45, 2.75) is 31.8 Å². The lowest BCUT2D eigenvalue weighted by molar-refractivity contribution is 0.410. The van der Waals surface area contributed by atoms with Crippen molar-refractivity contribution in [2.75, 3.05) is 0 Å². The van der Waals surface area contributed by atoms with Crippen molar-refractivity contribution in [3.05, 3.63) is 64.4 Å². The first kappa shape index (κ1) is 13.7. The minimum atomic E-state index is 0.395. The third kappa shape index (κ3) is 2.72. The summed E-state index contributed by atoms with van der Waals surface area (Å²) in [4.78, 5) is 4.74. The molecule has 0 saturated heterocycles. The number of rotatable bonds is 4. The van der Waals surface area contributed by atoms with E-state index in [1.165, 1.54) is 24.0 Å². The van der Waals surface area contributed by atoms with Crippen molar-refractivity contribution in [2.24, 2.45) is 0 Å². The van der Waals surface area contributed by atoms with E-state index in [1.54, 1.807) is 11.3 Å². The average Bonchev–Trinajstić information content (AvgIpc) is 3.23. The summed E-state index contributed by atoms with van der Waals surface area (Å²) in [6.45, 7) is 0.812. The van der Waals surface area contributed by atoms with Crippen LogP contribution >= 0.6 is 11.3 Å². The largest absolute Gasteiger partial charge is 0.469 e. The topological polar surface area (TPSA) is 38.1 Å². The molecule has 1 unspecified atom stereocenters. The van der Waals surface area contributed by atoms with Crippen molar-refractivity contribution in [3.63, 3.8) is 0 Å². The molecule has 1 aromatic carbocycles. The predicted molar refractivity (Wildman–Crippen MR) is 88.8 cm³/mol. The fourth-order valence-corrected chi connectivity index (χ4v) is 3.80. The smallest absolute Gasteiger partial charge is 0.108 e. The number of hydrogen-bond donors (Lipinski definition) is 1. The zero-order valence-electron chi connectivity index (χ0n) is 12.3. The van der Waals surface area contributed by atoms with Crippen LogP contribution in [0.1, 0.15) is 35.2 Å². The molecule has 4 rings (SSSR count). The molecule has 0 spiro atoms. The molecule has 1 aliphatic rings. The Hall–Kier alpha value is -1.91. The van der Waals surface area contributed by atoms with Gasteiger partial charge >= 0.3 is 0 Å². The normalized spacial score (nSPS) is 17.4. The van der Waals surface area contributed by atoms with Gasteiger partial charge in [0, 0.05) is 35.5 Å². The maximum absolute atomic E-state index is 5.55. The number of aromatic nitrogens is 1. The maximum atomic E-state index is 5.55. The monoisotopic (exact) mass is 310 g/mol. The average molecular weight is 310 g/mol. The van der Waals surface area contributed by atoms with Gasteiger partial charge in [-0.05, 0) is 18.9 Å². The third-order valence-electron chi connectivity index (χ3n) is 4.17. The molecular weight excluding hydrogens is 292 g/mol. The summed E-state index contributed by atoms with van der Waals surface area (Å²) < 4.78 is 5.55. The van der Waals surface area contributed by atoms with Gasteiger partial charge in [-0.2, -0.15) is 0 Å². The van der Waals surface area contributed by atoms with Gasteiger partial charge in [-0.25, -0.2) is 4.98 Å². The highest BCUT2D eigenvalue weighted by Gasteiger charge is 2.22. The van der Waals surface area contributed by atoms with Gasteiger partial charge < -0.3 is 9.73 Å². The van der Waals surface area contributed by atoms with E-state index in [4.69, 9.17) is 9.40 Å².